The number of rotatable bonds is 1. The molecule has 90 valence electrons. The van der Waals surface area contributed by atoms with Gasteiger partial charge >= 0.3 is 35.7 Å². The number of nitrogens with zero attached hydrogens (tertiary/aromatic N) is 1. The fraction of sp³-hybridized carbons (Fsp3) is 0.909. The first-order valence-corrected chi connectivity index (χ1v) is 5.51. The SMILES string of the molecule is CC(C)(C)OC(=O)N1CCC(CO)CC1.[NaH]. The molecule has 0 radical (unpaired) electrons. The average Bonchev–Trinajstić information content (AvgIpc) is 2.15. The van der Waals surface area contributed by atoms with Crippen LogP contribution in [-0.2, 0) is 4.74 Å². The van der Waals surface area contributed by atoms with Crippen LogP contribution in [0.15, 0.2) is 0 Å². The topological polar surface area (TPSA) is 49.8 Å². The van der Waals surface area contributed by atoms with E-state index in [0.717, 1.165) is 12.8 Å². The zero-order valence-electron chi connectivity index (χ0n) is 9.82. The third-order valence-corrected chi connectivity index (χ3v) is 2.52. The van der Waals surface area contributed by atoms with Crippen LogP contribution in [0.2, 0.25) is 0 Å². The molecule has 4 nitrogen and oxygen atoms in total. The third-order valence-electron chi connectivity index (χ3n) is 2.52. The van der Waals surface area contributed by atoms with Crippen molar-refractivity contribution >= 4 is 35.7 Å². The van der Waals surface area contributed by atoms with Gasteiger partial charge in [-0.25, -0.2) is 4.79 Å². The molecule has 1 amide bonds. The number of carbonyl (C=O) groups is 1. The number of hydrogen-bond acceptors (Lipinski definition) is 3. The van der Waals surface area contributed by atoms with Crippen molar-refractivity contribution in [2.45, 2.75) is 39.2 Å². The van der Waals surface area contributed by atoms with E-state index in [1.807, 2.05) is 20.8 Å². The number of hydrogen-bond donors (Lipinski definition) is 1. The van der Waals surface area contributed by atoms with Gasteiger partial charge < -0.3 is 14.7 Å². The van der Waals surface area contributed by atoms with E-state index < -0.39 is 5.60 Å². The first-order valence-electron chi connectivity index (χ1n) is 5.51. The second-order valence-corrected chi connectivity index (χ2v) is 5.09. The van der Waals surface area contributed by atoms with Gasteiger partial charge in [-0.05, 0) is 39.5 Å². The summed E-state index contributed by atoms with van der Waals surface area (Å²) >= 11 is 0. The summed E-state index contributed by atoms with van der Waals surface area (Å²) in [5.74, 6) is 0.351. The maximum atomic E-state index is 11.6. The summed E-state index contributed by atoms with van der Waals surface area (Å²) < 4.78 is 5.27. The van der Waals surface area contributed by atoms with E-state index in [1.165, 1.54) is 0 Å². The number of carbonyl (C=O) groups excluding carboxylic acids is 1. The van der Waals surface area contributed by atoms with Gasteiger partial charge in [0, 0.05) is 19.7 Å². The number of amides is 1. The Labute approximate surface area is 120 Å². The van der Waals surface area contributed by atoms with Gasteiger partial charge in [-0.15, -0.1) is 0 Å². The van der Waals surface area contributed by atoms with E-state index in [2.05, 4.69) is 0 Å². The molecule has 0 aromatic rings. The van der Waals surface area contributed by atoms with Crippen LogP contribution >= 0.6 is 0 Å². The minimum atomic E-state index is -0.426. The van der Waals surface area contributed by atoms with Crippen LogP contribution < -0.4 is 0 Å². The molecule has 0 unspecified atom stereocenters. The molecular formula is C11H22NNaO3. The minimum absolute atomic E-state index is 0. The molecule has 0 aromatic carbocycles. The molecule has 1 aliphatic heterocycles. The van der Waals surface area contributed by atoms with E-state index in [4.69, 9.17) is 9.84 Å². The van der Waals surface area contributed by atoms with Crippen molar-refractivity contribution in [2.75, 3.05) is 19.7 Å². The number of likely N-dealkylation sites (tertiary alicyclic amines) is 1. The average molecular weight is 239 g/mol. The predicted molar refractivity (Wildman–Crippen MR) is 64.8 cm³/mol. The van der Waals surface area contributed by atoms with Crippen molar-refractivity contribution in [3.05, 3.63) is 0 Å². The van der Waals surface area contributed by atoms with Gasteiger partial charge in [0.15, 0.2) is 0 Å². The van der Waals surface area contributed by atoms with Crippen molar-refractivity contribution < 1.29 is 14.6 Å². The van der Waals surface area contributed by atoms with E-state index in [9.17, 15) is 4.79 Å². The summed E-state index contributed by atoms with van der Waals surface area (Å²) in [5, 5.41) is 8.97. The first-order chi connectivity index (χ1) is 6.92. The van der Waals surface area contributed by atoms with Crippen molar-refractivity contribution in [3.8, 4) is 0 Å². The van der Waals surface area contributed by atoms with Gasteiger partial charge in [-0.3, -0.25) is 0 Å². The van der Waals surface area contributed by atoms with Crippen LogP contribution in [0.3, 0.4) is 0 Å². The van der Waals surface area contributed by atoms with Crippen molar-refractivity contribution in [1.82, 2.24) is 4.90 Å². The number of aliphatic hydroxyl groups is 1. The van der Waals surface area contributed by atoms with E-state index in [-0.39, 0.29) is 42.3 Å². The number of aliphatic hydroxyl groups excluding tert-OH is 1. The Morgan fingerprint density at radius 1 is 1.38 bits per heavy atom. The molecule has 0 aromatic heterocycles. The summed E-state index contributed by atoms with van der Waals surface area (Å²) in [6, 6.07) is 0. The molecule has 0 saturated carbocycles. The summed E-state index contributed by atoms with van der Waals surface area (Å²) in [6.45, 7) is 7.21. The predicted octanol–water partition coefficient (Wildman–Crippen LogP) is 0.977. The fourth-order valence-electron chi connectivity index (χ4n) is 1.62. The Hall–Kier alpha value is 0.230. The molecule has 1 aliphatic rings. The standard InChI is InChI=1S/C11H21NO3.Na.H/c1-11(2,3)15-10(14)12-6-4-9(8-13)5-7-12;;/h9,13H,4-8H2,1-3H3;;. The van der Waals surface area contributed by atoms with E-state index in [1.54, 1.807) is 4.90 Å². The molecule has 1 fully saturated rings. The van der Waals surface area contributed by atoms with Gasteiger partial charge in [-0.1, -0.05) is 0 Å². The van der Waals surface area contributed by atoms with Crippen LogP contribution in [0.1, 0.15) is 33.6 Å². The van der Waals surface area contributed by atoms with Gasteiger partial charge in [0.1, 0.15) is 5.60 Å². The Morgan fingerprint density at radius 2 is 1.88 bits per heavy atom. The fourth-order valence-corrected chi connectivity index (χ4v) is 1.62. The van der Waals surface area contributed by atoms with Crippen LogP contribution in [0.5, 0.6) is 0 Å². The van der Waals surface area contributed by atoms with Crippen molar-refractivity contribution in [2.24, 2.45) is 5.92 Å². The van der Waals surface area contributed by atoms with Gasteiger partial charge in [0.2, 0.25) is 0 Å². The zero-order chi connectivity index (χ0) is 11.5. The molecule has 0 spiro atoms. The summed E-state index contributed by atoms with van der Waals surface area (Å²) in [4.78, 5) is 13.4. The summed E-state index contributed by atoms with van der Waals surface area (Å²) in [6.07, 6.45) is 1.50. The quantitative estimate of drug-likeness (QED) is 0.694. The van der Waals surface area contributed by atoms with Gasteiger partial charge in [0.05, 0.1) is 0 Å². The molecule has 1 rings (SSSR count). The molecule has 0 aliphatic carbocycles. The molecule has 1 N–H and O–H groups in total. The van der Waals surface area contributed by atoms with Crippen LogP contribution in [0.4, 0.5) is 4.79 Å². The van der Waals surface area contributed by atoms with Crippen LogP contribution in [0.25, 0.3) is 0 Å². The van der Waals surface area contributed by atoms with Crippen molar-refractivity contribution in [1.29, 1.82) is 0 Å². The monoisotopic (exact) mass is 239 g/mol. The zero-order valence-corrected chi connectivity index (χ0v) is 9.82. The third kappa shape index (κ3) is 5.53. The second kappa shape index (κ2) is 6.84. The Bertz CT molecular complexity index is 220. The summed E-state index contributed by atoms with van der Waals surface area (Å²) in [5.41, 5.74) is -0.426. The van der Waals surface area contributed by atoms with E-state index >= 15 is 0 Å². The first kappa shape index (κ1) is 16.2. The van der Waals surface area contributed by atoms with Crippen molar-refractivity contribution in [3.63, 3.8) is 0 Å². The Morgan fingerprint density at radius 3 is 2.25 bits per heavy atom. The maximum absolute atomic E-state index is 11.6. The normalized spacial score (nSPS) is 17.9. The van der Waals surface area contributed by atoms with Crippen LogP contribution in [-0.4, -0.2) is 71.0 Å². The molecule has 1 heterocycles. The Kier molecular flexibility index (Phi) is 6.94. The number of piperidine rings is 1. The molecular weight excluding hydrogens is 217 g/mol. The number of ether oxygens (including phenoxy) is 1. The molecule has 0 atom stereocenters. The molecule has 1 saturated heterocycles. The van der Waals surface area contributed by atoms with Crippen LogP contribution in [0, 0.1) is 5.92 Å². The second-order valence-electron chi connectivity index (χ2n) is 5.09. The molecule has 5 heteroatoms. The van der Waals surface area contributed by atoms with E-state index in [0.29, 0.717) is 19.0 Å². The van der Waals surface area contributed by atoms with Gasteiger partial charge in [0.25, 0.3) is 0 Å². The Balaban J connectivity index is 0.00000225. The molecule has 0 bridgehead atoms. The van der Waals surface area contributed by atoms with Gasteiger partial charge in [-0.2, -0.15) is 0 Å². The summed E-state index contributed by atoms with van der Waals surface area (Å²) in [7, 11) is 0. The molecule has 16 heavy (non-hydrogen) atoms.